The van der Waals surface area contributed by atoms with Crippen LogP contribution in [0.3, 0.4) is 0 Å². The summed E-state index contributed by atoms with van der Waals surface area (Å²) in [4.78, 5) is 28.5. The van der Waals surface area contributed by atoms with Crippen LogP contribution in [0.5, 0.6) is 0 Å². The Morgan fingerprint density at radius 3 is 2.74 bits per heavy atom. The number of nitrogens with zero attached hydrogens (tertiary/aromatic N) is 4. The molecule has 1 N–H and O–H groups in total. The van der Waals surface area contributed by atoms with Crippen molar-refractivity contribution in [3.8, 4) is 0 Å². The zero-order valence-corrected chi connectivity index (χ0v) is 20.9. The molecule has 182 valence electrons. The summed E-state index contributed by atoms with van der Waals surface area (Å²) in [6.45, 7) is 3.31. The van der Waals surface area contributed by atoms with Crippen molar-refractivity contribution in [2.75, 3.05) is 31.8 Å². The molecule has 3 aromatic rings. The van der Waals surface area contributed by atoms with Gasteiger partial charge in [0.05, 0.1) is 25.4 Å². The third kappa shape index (κ3) is 6.17. The molecule has 1 aromatic heterocycles. The normalized spacial score (nSPS) is 18.4. The quantitative estimate of drug-likeness (QED) is 0.374. The van der Waals surface area contributed by atoms with Gasteiger partial charge >= 0.3 is 5.97 Å². The number of hydrogen-bond donors (Lipinski definition) is 1. The fourth-order valence-electron chi connectivity index (χ4n) is 4.30. The molecule has 1 aliphatic rings. The van der Waals surface area contributed by atoms with Crippen molar-refractivity contribution in [1.29, 1.82) is 0 Å². The number of methoxy groups -OCH3 is 1. The van der Waals surface area contributed by atoms with Crippen molar-refractivity contribution in [3.63, 3.8) is 0 Å². The predicted octanol–water partition coefficient (Wildman–Crippen LogP) is 4.14. The zero-order valence-electron chi connectivity index (χ0n) is 20.0. The number of carbonyl (C=O) groups excluding carboxylic acids is 2. The topological polar surface area (TPSA) is 89.4 Å². The number of benzene rings is 2. The van der Waals surface area contributed by atoms with Gasteiger partial charge in [0.15, 0.2) is 5.69 Å². The molecule has 0 aliphatic carbocycles. The van der Waals surface area contributed by atoms with Crippen LogP contribution in [-0.2, 0) is 9.53 Å². The van der Waals surface area contributed by atoms with Crippen molar-refractivity contribution in [1.82, 2.24) is 19.9 Å². The van der Waals surface area contributed by atoms with Crippen LogP contribution >= 0.6 is 11.8 Å². The molecule has 2 heterocycles. The largest absolute Gasteiger partial charge is 0.464 e. The molecule has 2 aromatic carbocycles. The Balaban J connectivity index is 1.55. The summed E-state index contributed by atoms with van der Waals surface area (Å²) in [7, 11) is 1.31. The molecule has 1 saturated heterocycles. The summed E-state index contributed by atoms with van der Waals surface area (Å²) in [6, 6.07) is 17.5. The first kappa shape index (κ1) is 24.7. The van der Waals surface area contributed by atoms with Gasteiger partial charge in [-0.25, -0.2) is 9.48 Å². The number of thioether (sulfide) groups is 1. The Bertz CT molecular complexity index is 1210. The number of esters is 1. The molecular formula is C26H29N5O3S. The minimum absolute atomic E-state index is 0.0634. The van der Waals surface area contributed by atoms with E-state index < -0.39 is 5.97 Å². The van der Waals surface area contributed by atoms with Crippen LogP contribution in [0.1, 0.15) is 35.4 Å². The first-order chi connectivity index (χ1) is 17.0. The van der Waals surface area contributed by atoms with Crippen LogP contribution in [-0.4, -0.2) is 64.3 Å². The maximum Gasteiger partial charge on any atom is 0.360 e. The molecule has 8 nitrogen and oxygen atoms in total. The third-order valence-electron chi connectivity index (χ3n) is 5.97. The number of rotatable bonds is 8. The lowest BCUT2D eigenvalue weighted by Gasteiger charge is -2.24. The van der Waals surface area contributed by atoms with E-state index in [1.165, 1.54) is 7.11 Å². The number of carbonyl (C=O) groups is 2. The predicted molar refractivity (Wildman–Crippen MR) is 137 cm³/mol. The Morgan fingerprint density at radius 1 is 1.20 bits per heavy atom. The number of aromatic nitrogens is 3. The Hall–Kier alpha value is -3.43. The van der Waals surface area contributed by atoms with Gasteiger partial charge in [0.25, 0.3) is 0 Å². The van der Waals surface area contributed by atoms with Crippen LogP contribution in [0.25, 0.3) is 6.08 Å². The number of ether oxygens (including phenoxy) is 1. The number of likely N-dealkylation sites (tertiary alicyclic amines) is 1. The molecule has 0 saturated carbocycles. The summed E-state index contributed by atoms with van der Waals surface area (Å²) in [6.07, 6.45) is 6.28. The fraction of sp³-hybridized carbons (Fsp3) is 0.308. The molecular weight excluding hydrogens is 462 g/mol. The molecule has 0 radical (unpaired) electrons. The lowest BCUT2D eigenvalue weighted by Crippen LogP contribution is -2.40. The van der Waals surface area contributed by atoms with Gasteiger partial charge in [-0.2, -0.15) is 0 Å². The van der Waals surface area contributed by atoms with Crippen molar-refractivity contribution in [2.24, 2.45) is 0 Å². The highest BCUT2D eigenvalue weighted by Crippen LogP contribution is 2.29. The van der Waals surface area contributed by atoms with Crippen LogP contribution < -0.4 is 5.32 Å². The Kier molecular flexibility index (Phi) is 7.99. The Labute approximate surface area is 209 Å². The maximum atomic E-state index is 13.4. The highest BCUT2D eigenvalue weighted by Gasteiger charge is 2.38. The number of hydrogen-bond acceptors (Lipinski definition) is 7. The first-order valence-electron chi connectivity index (χ1n) is 11.4. The number of anilines is 1. The number of nitrogens with one attached hydrogen (secondary N) is 1. The second-order valence-corrected chi connectivity index (χ2v) is 9.41. The zero-order chi connectivity index (χ0) is 24.8. The van der Waals surface area contributed by atoms with Crippen molar-refractivity contribution in [3.05, 3.63) is 77.6 Å². The van der Waals surface area contributed by atoms with Crippen molar-refractivity contribution >= 4 is 35.4 Å². The molecule has 1 amide bonds. The summed E-state index contributed by atoms with van der Waals surface area (Å²) in [5.41, 5.74) is 3.19. The average Bonchev–Trinajstić information content (AvgIpc) is 3.52. The molecule has 0 bridgehead atoms. The van der Waals surface area contributed by atoms with E-state index in [1.54, 1.807) is 22.6 Å². The number of amides is 1. The minimum atomic E-state index is -0.532. The molecule has 0 spiro atoms. The minimum Gasteiger partial charge on any atom is -0.464 e. The van der Waals surface area contributed by atoms with E-state index in [1.807, 2.05) is 48.7 Å². The monoisotopic (exact) mass is 491 g/mol. The van der Waals surface area contributed by atoms with Gasteiger partial charge in [0.1, 0.15) is 0 Å². The van der Waals surface area contributed by atoms with Crippen LogP contribution in [0.4, 0.5) is 5.69 Å². The SMILES string of the molecule is COC(=O)c1cn([C@@H]2C[C@@H](C(=O)Nc3cccc(SC)c3)N(C/C(C)=C/c3ccccc3)C2)nn1. The lowest BCUT2D eigenvalue weighted by molar-refractivity contribution is -0.120. The highest BCUT2D eigenvalue weighted by atomic mass is 32.2. The van der Waals surface area contributed by atoms with Crippen LogP contribution in [0.15, 0.2) is 71.3 Å². The third-order valence-corrected chi connectivity index (χ3v) is 6.69. The summed E-state index contributed by atoms with van der Waals surface area (Å²) >= 11 is 1.63. The molecule has 9 heteroatoms. The molecule has 4 rings (SSSR count). The first-order valence-corrected chi connectivity index (χ1v) is 12.6. The molecule has 1 aliphatic heterocycles. The van der Waals surface area contributed by atoms with E-state index in [0.717, 1.165) is 21.7 Å². The van der Waals surface area contributed by atoms with E-state index >= 15 is 0 Å². The second kappa shape index (κ2) is 11.3. The van der Waals surface area contributed by atoms with E-state index in [9.17, 15) is 9.59 Å². The van der Waals surface area contributed by atoms with E-state index in [4.69, 9.17) is 4.74 Å². The lowest BCUT2D eigenvalue weighted by atomic mass is 10.1. The fourth-order valence-corrected chi connectivity index (χ4v) is 4.76. The standard InChI is InChI=1S/C26H29N5O3S/c1-18(12-19-8-5-4-6-9-19)15-30-16-21(31-17-23(28-29-31)26(33)34-2)14-24(30)25(32)27-20-10-7-11-22(13-20)35-3/h4-13,17,21,24H,14-16H2,1-3H3,(H,27,32)/b18-12+/t21-,24+/m1/s1. The van der Waals surface area contributed by atoms with Crippen molar-refractivity contribution < 1.29 is 14.3 Å². The van der Waals surface area contributed by atoms with Gasteiger partial charge in [-0.1, -0.05) is 53.3 Å². The summed E-state index contributed by atoms with van der Waals surface area (Å²) < 4.78 is 6.41. The van der Waals surface area contributed by atoms with Gasteiger partial charge in [0, 0.05) is 23.7 Å². The Morgan fingerprint density at radius 2 is 2.00 bits per heavy atom. The van der Waals surface area contributed by atoms with Crippen LogP contribution in [0, 0.1) is 0 Å². The molecule has 2 atom stereocenters. The van der Waals surface area contributed by atoms with Crippen molar-refractivity contribution in [2.45, 2.75) is 30.3 Å². The van der Waals surface area contributed by atoms with E-state index in [2.05, 4.69) is 45.7 Å². The average molecular weight is 492 g/mol. The van der Waals surface area contributed by atoms with Gasteiger partial charge in [-0.15, -0.1) is 16.9 Å². The van der Waals surface area contributed by atoms with Gasteiger partial charge in [-0.05, 0) is 43.4 Å². The smallest absolute Gasteiger partial charge is 0.360 e. The van der Waals surface area contributed by atoms with Gasteiger partial charge in [-0.3, -0.25) is 9.69 Å². The summed E-state index contributed by atoms with van der Waals surface area (Å²) in [5, 5.41) is 11.2. The molecule has 1 fully saturated rings. The van der Waals surface area contributed by atoms with Gasteiger partial charge < -0.3 is 10.1 Å². The second-order valence-electron chi connectivity index (χ2n) is 8.53. The molecule has 0 unspecified atom stereocenters. The highest BCUT2D eigenvalue weighted by molar-refractivity contribution is 7.98. The van der Waals surface area contributed by atoms with E-state index in [-0.39, 0.29) is 23.7 Å². The summed E-state index contributed by atoms with van der Waals surface area (Å²) in [5.74, 6) is -0.595. The van der Waals surface area contributed by atoms with Gasteiger partial charge in [0.2, 0.25) is 5.91 Å². The molecule has 35 heavy (non-hydrogen) atoms. The van der Waals surface area contributed by atoms with E-state index in [0.29, 0.717) is 19.5 Å². The van der Waals surface area contributed by atoms with Crippen LogP contribution in [0.2, 0.25) is 0 Å². The maximum absolute atomic E-state index is 13.4.